The molecule has 2 amide bonds. The normalized spacial score (nSPS) is 20.7. The Morgan fingerprint density at radius 1 is 1.23 bits per heavy atom. The summed E-state index contributed by atoms with van der Waals surface area (Å²) in [7, 11) is -3.32. The van der Waals surface area contributed by atoms with Crippen molar-refractivity contribution in [1.29, 1.82) is 0 Å². The molecule has 31 heavy (non-hydrogen) atoms. The highest BCUT2D eigenvalue weighted by Gasteiger charge is 2.44. The molecule has 3 heterocycles. The van der Waals surface area contributed by atoms with Gasteiger partial charge in [0.2, 0.25) is 10.0 Å². The lowest BCUT2D eigenvalue weighted by Gasteiger charge is -2.33. The third-order valence-corrected chi connectivity index (χ3v) is 7.22. The Kier molecular flexibility index (Phi) is 6.26. The van der Waals surface area contributed by atoms with E-state index in [0.29, 0.717) is 44.7 Å². The smallest absolute Gasteiger partial charge is 0.317 e. The van der Waals surface area contributed by atoms with Gasteiger partial charge in [-0.05, 0) is 18.4 Å². The molecule has 1 aromatic heterocycles. The van der Waals surface area contributed by atoms with Gasteiger partial charge in [0.15, 0.2) is 0 Å². The molecule has 4 rings (SSSR count). The second-order valence-electron chi connectivity index (χ2n) is 8.07. The van der Waals surface area contributed by atoms with Crippen LogP contribution >= 0.6 is 0 Å². The molecule has 2 N–H and O–H groups in total. The number of carbonyl (C=O) groups is 1. The maximum atomic E-state index is 12.6. The van der Waals surface area contributed by atoms with Crippen LogP contribution in [0.2, 0.25) is 0 Å². The van der Waals surface area contributed by atoms with Gasteiger partial charge in [-0.3, -0.25) is 0 Å². The molecule has 0 aliphatic carbocycles. The van der Waals surface area contributed by atoms with Crippen molar-refractivity contribution >= 4 is 16.1 Å². The summed E-state index contributed by atoms with van der Waals surface area (Å²) in [6.07, 6.45) is 1.26. The van der Waals surface area contributed by atoms with Crippen LogP contribution < -0.4 is 10.0 Å². The Balaban J connectivity index is 1.33. The lowest BCUT2D eigenvalue weighted by atomic mass is 10.0. The first-order valence-corrected chi connectivity index (χ1v) is 12.1. The van der Waals surface area contributed by atoms with Crippen molar-refractivity contribution in [2.75, 3.05) is 18.8 Å². The van der Waals surface area contributed by atoms with Gasteiger partial charge in [-0.15, -0.1) is 5.10 Å². The van der Waals surface area contributed by atoms with E-state index >= 15 is 0 Å². The maximum absolute atomic E-state index is 12.6. The van der Waals surface area contributed by atoms with Gasteiger partial charge >= 0.3 is 6.03 Å². The molecular formula is C20H28N6O4S. The van der Waals surface area contributed by atoms with E-state index in [1.54, 1.807) is 9.58 Å². The second kappa shape index (κ2) is 8.93. The van der Waals surface area contributed by atoms with Crippen molar-refractivity contribution in [2.45, 2.75) is 51.6 Å². The number of benzene rings is 1. The number of carbonyl (C=O) groups excluding carboxylic acids is 1. The van der Waals surface area contributed by atoms with Crippen LogP contribution in [0.5, 0.6) is 0 Å². The first-order chi connectivity index (χ1) is 14.9. The number of nitrogens with zero attached hydrogens (tertiary/aromatic N) is 4. The number of aromatic nitrogens is 3. The van der Waals surface area contributed by atoms with Crippen LogP contribution in [-0.2, 0) is 41.0 Å². The third-order valence-electron chi connectivity index (χ3n) is 5.69. The summed E-state index contributed by atoms with van der Waals surface area (Å²) >= 11 is 0. The van der Waals surface area contributed by atoms with E-state index in [-0.39, 0.29) is 24.9 Å². The van der Waals surface area contributed by atoms with Crippen molar-refractivity contribution in [1.82, 2.24) is 29.9 Å². The number of hydrogen-bond donors (Lipinski definition) is 2. The SMILES string of the molecule is CCCS(=O)(=O)NCc1nnn2c1COC1(CCN(C(=O)NCc3ccccc3)C1)C2. The second-order valence-corrected chi connectivity index (χ2v) is 9.99. The third kappa shape index (κ3) is 5.05. The van der Waals surface area contributed by atoms with Crippen molar-refractivity contribution < 1.29 is 17.9 Å². The summed E-state index contributed by atoms with van der Waals surface area (Å²) in [6.45, 7) is 4.26. The Morgan fingerprint density at radius 2 is 2.03 bits per heavy atom. The van der Waals surface area contributed by atoms with Crippen molar-refractivity contribution in [3.63, 3.8) is 0 Å². The van der Waals surface area contributed by atoms with Crippen LogP contribution in [0.4, 0.5) is 4.79 Å². The van der Waals surface area contributed by atoms with Crippen LogP contribution in [0.15, 0.2) is 30.3 Å². The molecule has 1 atom stereocenters. The Labute approximate surface area is 182 Å². The summed E-state index contributed by atoms with van der Waals surface area (Å²) in [5.74, 6) is 0.0816. The van der Waals surface area contributed by atoms with Gasteiger partial charge in [-0.1, -0.05) is 42.5 Å². The fourth-order valence-corrected chi connectivity index (χ4v) is 5.04. The quantitative estimate of drug-likeness (QED) is 0.652. The van der Waals surface area contributed by atoms with Crippen molar-refractivity contribution in [3.8, 4) is 0 Å². The highest BCUT2D eigenvalue weighted by Crippen LogP contribution is 2.32. The summed E-state index contributed by atoms with van der Waals surface area (Å²) in [6, 6.07) is 9.67. The Morgan fingerprint density at radius 3 is 2.81 bits per heavy atom. The molecular weight excluding hydrogens is 420 g/mol. The van der Waals surface area contributed by atoms with Gasteiger partial charge in [0.1, 0.15) is 11.3 Å². The average Bonchev–Trinajstić information content (AvgIpc) is 3.35. The molecule has 11 heteroatoms. The number of likely N-dealkylation sites (tertiary alicyclic amines) is 1. The molecule has 10 nitrogen and oxygen atoms in total. The van der Waals surface area contributed by atoms with E-state index in [0.717, 1.165) is 11.3 Å². The van der Waals surface area contributed by atoms with E-state index in [2.05, 4.69) is 20.4 Å². The van der Waals surface area contributed by atoms with E-state index in [4.69, 9.17) is 4.74 Å². The Bertz CT molecular complexity index is 1030. The zero-order valence-corrected chi connectivity index (χ0v) is 18.4. The van der Waals surface area contributed by atoms with Crippen LogP contribution in [0.1, 0.15) is 36.7 Å². The first-order valence-electron chi connectivity index (χ1n) is 10.5. The monoisotopic (exact) mass is 448 g/mol. The number of rotatable bonds is 7. The van der Waals surface area contributed by atoms with E-state index in [9.17, 15) is 13.2 Å². The van der Waals surface area contributed by atoms with Gasteiger partial charge in [0.05, 0.1) is 37.7 Å². The fourth-order valence-electron chi connectivity index (χ4n) is 4.00. The summed E-state index contributed by atoms with van der Waals surface area (Å²) < 4.78 is 34.3. The molecule has 0 bridgehead atoms. The largest absolute Gasteiger partial charge is 0.365 e. The van der Waals surface area contributed by atoms with E-state index in [1.165, 1.54) is 0 Å². The molecule has 1 aromatic carbocycles. The lowest BCUT2D eigenvalue weighted by Crippen LogP contribution is -2.47. The number of sulfonamides is 1. The summed E-state index contributed by atoms with van der Waals surface area (Å²) in [4.78, 5) is 14.4. The van der Waals surface area contributed by atoms with Crippen LogP contribution in [-0.4, -0.2) is 58.8 Å². The molecule has 168 valence electrons. The summed E-state index contributed by atoms with van der Waals surface area (Å²) in [5.41, 5.74) is 1.90. The van der Waals surface area contributed by atoms with Crippen molar-refractivity contribution in [2.24, 2.45) is 0 Å². The topological polar surface area (TPSA) is 118 Å². The van der Waals surface area contributed by atoms with Crippen molar-refractivity contribution in [3.05, 3.63) is 47.3 Å². The van der Waals surface area contributed by atoms with Crippen LogP contribution in [0, 0.1) is 0 Å². The minimum atomic E-state index is -3.32. The highest BCUT2D eigenvalue weighted by atomic mass is 32.2. The number of fused-ring (bicyclic) bond motifs is 1. The molecule has 0 saturated carbocycles. The number of amides is 2. The zero-order valence-electron chi connectivity index (χ0n) is 17.6. The number of hydrogen-bond acceptors (Lipinski definition) is 6. The molecule has 1 unspecified atom stereocenters. The number of urea groups is 1. The molecule has 0 radical (unpaired) electrons. The number of ether oxygens (including phenoxy) is 1. The maximum Gasteiger partial charge on any atom is 0.317 e. The predicted octanol–water partition coefficient (Wildman–Crippen LogP) is 0.992. The molecule has 2 aliphatic rings. The van der Waals surface area contributed by atoms with Gasteiger partial charge in [0.25, 0.3) is 0 Å². The highest BCUT2D eigenvalue weighted by molar-refractivity contribution is 7.89. The molecule has 1 saturated heterocycles. The predicted molar refractivity (Wildman–Crippen MR) is 113 cm³/mol. The molecule has 1 fully saturated rings. The molecule has 2 aromatic rings. The van der Waals surface area contributed by atoms with Crippen LogP contribution in [0.3, 0.4) is 0 Å². The van der Waals surface area contributed by atoms with Gasteiger partial charge < -0.3 is 15.0 Å². The lowest BCUT2D eigenvalue weighted by molar-refractivity contribution is -0.0824. The molecule has 2 aliphatic heterocycles. The summed E-state index contributed by atoms with van der Waals surface area (Å²) in [5, 5.41) is 11.3. The van der Waals surface area contributed by atoms with Gasteiger partial charge in [0, 0.05) is 13.1 Å². The minimum absolute atomic E-state index is 0.0816. The zero-order chi connectivity index (χ0) is 21.9. The fraction of sp³-hybridized carbons (Fsp3) is 0.550. The number of nitrogens with one attached hydrogen (secondary N) is 2. The minimum Gasteiger partial charge on any atom is -0.365 e. The van der Waals surface area contributed by atoms with Gasteiger partial charge in [-0.2, -0.15) is 0 Å². The van der Waals surface area contributed by atoms with Crippen LogP contribution in [0.25, 0.3) is 0 Å². The standard InChI is InChI=1S/C20H28N6O4S/c1-2-10-31(28,29)22-12-17-18-13-30-20(15-26(18)24-23-17)8-9-25(14-20)19(27)21-11-16-6-4-3-5-7-16/h3-7,22H,2,8-15H2,1H3,(H,21,27). The van der Waals surface area contributed by atoms with E-state index in [1.807, 2.05) is 37.3 Å². The van der Waals surface area contributed by atoms with Gasteiger partial charge in [-0.25, -0.2) is 22.6 Å². The Hall–Kier alpha value is -2.50. The first kappa shape index (κ1) is 21.7. The molecule has 1 spiro atoms. The average molecular weight is 449 g/mol. The van der Waals surface area contributed by atoms with E-state index < -0.39 is 15.6 Å².